The van der Waals surface area contributed by atoms with Gasteiger partial charge in [0, 0.05) is 23.7 Å². The quantitative estimate of drug-likeness (QED) is 0.724. The van der Waals surface area contributed by atoms with Gasteiger partial charge in [0.1, 0.15) is 5.54 Å². The molecule has 2 atom stereocenters. The Morgan fingerprint density at radius 3 is 2.68 bits per heavy atom. The maximum atomic E-state index is 10.5. The van der Waals surface area contributed by atoms with Gasteiger partial charge in [0.25, 0.3) is 0 Å². The van der Waals surface area contributed by atoms with Crippen molar-refractivity contribution in [3.63, 3.8) is 0 Å². The van der Waals surface area contributed by atoms with E-state index in [9.17, 15) is 5.11 Å². The van der Waals surface area contributed by atoms with Gasteiger partial charge in [0.05, 0.1) is 12.1 Å². The summed E-state index contributed by atoms with van der Waals surface area (Å²) >= 11 is 0. The topological polar surface area (TPSA) is 45.5 Å². The highest BCUT2D eigenvalue weighted by Gasteiger charge is 2.41. The molecule has 2 aliphatic rings. The van der Waals surface area contributed by atoms with Gasteiger partial charge >= 0.3 is 0 Å². The lowest BCUT2D eigenvalue weighted by molar-refractivity contribution is 0.228. The summed E-state index contributed by atoms with van der Waals surface area (Å²) in [5.41, 5.74) is 5.49. The molecule has 0 amide bonds. The number of aromatic nitrogens is 1. The Balaban J connectivity index is 1.68. The number of pyridine rings is 1. The van der Waals surface area contributed by atoms with Crippen molar-refractivity contribution in [1.29, 1.82) is 0 Å². The van der Waals surface area contributed by atoms with Crippen molar-refractivity contribution < 1.29 is 5.11 Å². The van der Waals surface area contributed by atoms with E-state index in [-0.39, 0.29) is 12.5 Å². The number of aliphatic imine (C=N–C) groups is 1. The molecule has 0 saturated carbocycles. The second kappa shape index (κ2) is 6.99. The van der Waals surface area contributed by atoms with Crippen LogP contribution in [0, 0.1) is 0 Å². The molecule has 3 nitrogen and oxygen atoms in total. The number of rotatable bonds is 4. The molecule has 5 rings (SSSR count). The van der Waals surface area contributed by atoms with Gasteiger partial charge in [-0.15, -0.1) is 0 Å². The summed E-state index contributed by atoms with van der Waals surface area (Å²) in [5, 5.41) is 11.6. The second-order valence-corrected chi connectivity index (χ2v) is 7.81. The number of nitrogens with zero attached hydrogens (tertiary/aromatic N) is 2. The highest BCUT2D eigenvalue weighted by Crippen LogP contribution is 2.46. The van der Waals surface area contributed by atoms with Crippen LogP contribution in [-0.4, -0.2) is 22.9 Å². The fraction of sp³-hybridized carbons (Fsp3) is 0.280. The predicted octanol–water partition coefficient (Wildman–Crippen LogP) is 4.73. The maximum absolute atomic E-state index is 10.5. The first kappa shape index (κ1) is 17.3. The molecule has 0 saturated heterocycles. The Kier molecular flexibility index (Phi) is 4.33. The van der Waals surface area contributed by atoms with Crippen LogP contribution in [0.3, 0.4) is 0 Å². The van der Waals surface area contributed by atoms with E-state index in [4.69, 9.17) is 4.99 Å². The van der Waals surface area contributed by atoms with Gasteiger partial charge in [-0.05, 0) is 66.1 Å². The fourth-order valence-corrected chi connectivity index (χ4v) is 4.87. The smallest absolute Gasteiger partial charge is 0.114 e. The third-order valence-corrected chi connectivity index (χ3v) is 6.29. The first-order chi connectivity index (χ1) is 13.8. The van der Waals surface area contributed by atoms with Gasteiger partial charge in [-0.3, -0.25) is 9.98 Å². The molecule has 0 fully saturated rings. The van der Waals surface area contributed by atoms with Crippen LogP contribution in [0.2, 0.25) is 0 Å². The van der Waals surface area contributed by atoms with Crippen LogP contribution in [0.5, 0.6) is 0 Å². The summed E-state index contributed by atoms with van der Waals surface area (Å²) in [5.74, 6) is -0.138. The highest BCUT2D eigenvalue weighted by molar-refractivity contribution is 5.86. The Morgan fingerprint density at radius 1 is 1.00 bits per heavy atom. The average molecular weight is 368 g/mol. The van der Waals surface area contributed by atoms with E-state index in [0.29, 0.717) is 0 Å². The molecular formula is C25H24N2O. The number of aryl methyl sites for hydroxylation is 2. The van der Waals surface area contributed by atoms with Gasteiger partial charge in [0.2, 0.25) is 0 Å². The zero-order valence-corrected chi connectivity index (χ0v) is 15.9. The van der Waals surface area contributed by atoms with Gasteiger partial charge < -0.3 is 5.11 Å². The normalized spacial score (nSPS) is 21.8. The summed E-state index contributed by atoms with van der Waals surface area (Å²) in [7, 11) is 0. The SMILES string of the molecule is OCC(c1ccc2c(c1)CCCC2)C1(c2ccnc3ccccc23)C=CC=N1. The van der Waals surface area contributed by atoms with Crippen molar-refractivity contribution in [2.75, 3.05) is 6.61 Å². The van der Waals surface area contributed by atoms with E-state index in [2.05, 4.69) is 41.4 Å². The van der Waals surface area contributed by atoms with Gasteiger partial charge in [-0.25, -0.2) is 0 Å². The van der Waals surface area contributed by atoms with Gasteiger partial charge in [-0.1, -0.05) is 42.5 Å². The minimum atomic E-state index is -0.611. The van der Waals surface area contributed by atoms with Crippen molar-refractivity contribution >= 4 is 17.1 Å². The monoisotopic (exact) mass is 368 g/mol. The van der Waals surface area contributed by atoms with E-state index in [0.717, 1.165) is 34.9 Å². The van der Waals surface area contributed by atoms with Crippen molar-refractivity contribution in [3.8, 4) is 0 Å². The molecule has 2 aromatic carbocycles. The molecule has 0 bridgehead atoms. The number of hydrogen-bond donors (Lipinski definition) is 1. The summed E-state index contributed by atoms with van der Waals surface area (Å²) in [4.78, 5) is 9.44. The van der Waals surface area contributed by atoms with Crippen molar-refractivity contribution in [2.24, 2.45) is 4.99 Å². The lowest BCUT2D eigenvalue weighted by Crippen LogP contribution is -2.31. The minimum absolute atomic E-state index is 0.0388. The lowest BCUT2D eigenvalue weighted by Gasteiger charge is -2.35. The molecule has 0 radical (unpaired) electrons. The van der Waals surface area contributed by atoms with E-state index < -0.39 is 5.54 Å². The Bertz CT molecular complexity index is 1070. The van der Waals surface area contributed by atoms with E-state index in [1.54, 1.807) is 0 Å². The third-order valence-electron chi connectivity index (χ3n) is 6.29. The molecule has 2 unspecified atom stereocenters. The summed E-state index contributed by atoms with van der Waals surface area (Å²) in [6, 6.07) is 17.0. The number of benzene rings is 2. The Labute approximate surface area is 165 Å². The Morgan fingerprint density at radius 2 is 1.86 bits per heavy atom. The molecule has 28 heavy (non-hydrogen) atoms. The van der Waals surface area contributed by atoms with Crippen LogP contribution in [0.25, 0.3) is 10.9 Å². The molecular weight excluding hydrogens is 344 g/mol. The van der Waals surface area contributed by atoms with E-state index in [1.165, 1.54) is 24.0 Å². The summed E-state index contributed by atoms with van der Waals surface area (Å²) < 4.78 is 0. The number of aliphatic hydroxyl groups is 1. The number of aliphatic hydroxyl groups excluding tert-OH is 1. The molecule has 1 aliphatic heterocycles. The predicted molar refractivity (Wildman–Crippen MR) is 114 cm³/mol. The summed E-state index contributed by atoms with van der Waals surface area (Å²) in [6.07, 6.45) is 12.7. The zero-order valence-electron chi connectivity index (χ0n) is 15.9. The fourth-order valence-electron chi connectivity index (χ4n) is 4.87. The molecule has 140 valence electrons. The van der Waals surface area contributed by atoms with Crippen LogP contribution in [0.1, 0.15) is 41.0 Å². The van der Waals surface area contributed by atoms with E-state index >= 15 is 0 Å². The molecule has 1 aliphatic carbocycles. The second-order valence-electron chi connectivity index (χ2n) is 7.81. The number of para-hydroxylation sites is 1. The van der Waals surface area contributed by atoms with Crippen LogP contribution < -0.4 is 0 Å². The standard InChI is InChI=1S/C25H24N2O/c28-17-23(20-11-10-18-6-1-2-7-19(18)16-20)25(13-5-14-27-25)22-12-15-26-24-9-4-3-8-21(22)24/h3-5,8-16,23,28H,1-2,6-7,17H2. The zero-order chi connectivity index (χ0) is 19.0. The largest absolute Gasteiger partial charge is 0.396 e. The molecule has 3 aromatic rings. The highest BCUT2D eigenvalue weighted by atomic mass is 16.3. The maximum Gasteiger partial charge on any atom is 0.114 e. The number of hydrogen-bond acceptors (Lipinski definition) is 3. The number of allylic oxidation sites excluding steroid dienone is 1. The lowest BCUT2D eigenvalue weighted by atomic mass is 9.73. The van der Waals surface area contributed by atoms with Gasteiger partial charge in [0.15, 0.2) is 0 Å². The number of fused-ring (bicyclic) bond motifs is 2. The minimum Gasteiger partial charge on any atom is -0.396 e. The van der Waals surface area contributed by atoms with Gasteiger partial charge in [-0.2, -0.15) is 0 Å². The molecule has 1 N–H and O–H groups in total. The van der Waals surface area contributed by atoms with Crippen LogP contribution >= 0.6 is 0 Å². The average Bonchev–Trinajstić information content (AvgIpc) is 3.24. The van der Waals surface area contributed by atoms with Crippen molar-refractivity contribution in [1.82, 2.24) is 4.98 Å². The van der Waals surface area contributed by atoms with Crippen molar-refractivity contribution in [3.05, 3.63) is 89.1 Å². The molecule has 1 aromatic heterocycles. The van der Waals surface area contributed by atoms with E-state index in [1.807, 2.05) is 36.7 Å². The molecule has 0 spiro atoms. The first-order valence-electron chi connectivity index (χ1n) is 10.1. The van der Waals surface area contributed by atoms with Crippen LogP contribution in [0.15, 0.2) is 71.9 Å². The summed E-state index contributed by atoms with van der Waals surface area (Å²) in [6.45, 7) is 0.0388. The third kappa shape index (κ3) is 2.70. The van der Waals surface area contributed by atoms with Crippen LogP contribution in [-0.2, 0) is 18.4 Å². The Hall–Kier alpha value is -2.78. The molecule has 2 heterocycles. The first-order valence-corrected chi connectivity index (χ1v) is 10.1. The van der Waals surface area contributed by atoms with Crippen molar-refractivity contribution in [2.45, 2.75) is 37.1 Å². The molecule has 3 heteroatoms. The van der Waals surface area contributed by atoms with Crippen LogP contribution in [0.4, 0.5) is 0 Å².